The van der Waals surface area contributed by atoms with Gasteiger partial charge in [-0.2, -0.15) is 0 Å². The molecule has 0 unspecified atom stereocenters. The SMILES string of the molecule is O=C1NC=CC(=CC(=O)c2ccc(Br)cc2)N1. The predicted molar refractivity (Wildman–Crippen MR) is 67.4 cm³/mol. The van der Waals surface area contributed by atoms with Crippen molar-refractivity contribution in [2.45, 2.75) is 0 Å². The number of carbonyl (C=O) groups is 2. The molecule has 5 heteroatoms. The molecule has 1 aliphatic rings. The van der Waals surface area contributed by atoms with Crippen LogP contribution in [0, 0.1) is 0 Å². The minimum atomic E-state index is -0.345. The molecule has 0 radical (unpaired) electrons. The summed E-state index contributed by atoms with van der Waals surface area (Å²) in [5, 5.41) is 4.97. The highest BCUT2D eigenvalue weighted by Crippen LogP contribution is 2.12. The molecule has 2 rings (SSSR count). The fourth-order valence-electron chi connectivity index (χ4n) is 1.34. The quantitative estimate of drug-likeness (QED) is 0.649. The smallest absolute Gasteiger partial charge is 0.314 e. The van der Waals surface area contributed by atoms with Crippen LogP contribution in [0.5, 0.6) is 0 Å². The Labute approximate surface area is 107 Å². The molecule has 86 valence electrons. The second-order valence-electron chi connectivity index (χ2n) is 3.40. The summed E-state index contributed by atoms with van der Waals surface area (Å²) in [4.78, 5) is 22.8. The van der Waals surface area contributed by atoms with Crippen LogP contribution in [0.2, 0.25) is 0 Å². The van der Waals surface area contributed by atoms with Crippen molar-refractivity contribution in [1.82, 2.24) is 10.6 Å². The van der Waals surface area contributed by atoms with Crippen LogP contribution in [0.25, 0.3) is 0 Å². The highest BCUT2D eigenvalue weighted by atomic mass is 79.9. The molecule has 0 fully saturated rings. The molecule has 1 heterocycles. The number of amides is 2. The average molecular weight is 293 g/mol. The molecule has 0 saturated carbocycles. The summed E-state index contributed by atoms with van der Waals surface area (Å²) in [6, 6.07) is 6.68. The van der Waals surface area contributed by atoms with Crippen LogP contribution in [0.3, 0.4) is 0 Å². The van der Waals surface area contributed by atoms with E-state index in [1.807, 2.05) is 0 Å². The number of allylic oxidation sites excluding steroid dienone is 2. The molecule has 0 aromatic heterocycles. The van der Waals surface area contributed by atoms with Crippen LogP contribution in [0.1, 0.15) is 10.4 Å². The third-order valence-electron chi connectivity index (χ3n) is 2.15. The molecule has 2 amide bonds. The summed E-state index contributed by atoms with van der Waals surface area (Å²) >= 11 is 3.30. The van der Waals surface area contributed by atoms with E-state index in [0.29, 0.717) is 11.3 Å². The Hall–Kier alpha value is -1.88. The van der Waals surface area contributed by atoms with Crippen LogP contribution in [-0.4, -0.2) is 11.8 Å². The van der Waals surface area contributed by atoms with Gasteiger partial charge in [0.2, 0.25) is 0 Å². The molecule has 2 N–H and O–H groups in total. The van der Waals surface area contributed by atoms with E-state index in [4.69, 9.17) is 0 Å². The van der Waals surface area contributed by atoms with E-state index in [9.17, 15) is 9.59 Å². The first-order chi connectivity index (χ1) is 8.15. The second kappa shape index (κ2) is 4.97. The third-order valence-corrected chi connectivity index (χ3v) is 2.68. The van der Waals surface area contributed by atoms with Gasteiger partial charge in [0, 0.05) is 28.0 Å². The number of hydrogen-bond donors (Lipinski definition) is 2. The zero-order valence-corrected chi connectivity index (χ0v) is 10.3. The lowest BCUT2D eigenvalue weighted by Gasteiger charge is -2.10. The van der Waals surface area contributed by atoms with Crippen molar-refractivity contribution in [2.24, 2.45) is 0 Å². The number of carbonyl (C=O) groups excluding carboxylic acids is 2. The summed E-state index contributed by atoms with van der Waals surface area (Å²) in [5.74, 6) is -0.153. The lowest BCUT2D eigenvalue weighted by atomic mass is 10.1. The van der Waals surface area contributed by atoms with Gasteiger partial charge in [0.25, 0.3) is 0 Å². The third kappa shape index (κ3) is 3.04. The van der Waals surface area contributed by atoms with Crippen molar-refractivity contribution in [3.63, 3.8) is 0 Å². The Bertz CT molecular complexity index is 518. The molecule has 0 aliphatic carbocycles. The number of rotatable bonds is 2. The van der Waals surface area contributed by atoms with Gasteiger partial charge in [0.15, 0.2) is 5.78 Å². The van der Waals surface area contributed by atoms with E-state index in [1.165, 1.54) is 12.3 Å². The van der Waals surface area contributed by atoms with Gasteiger partial charge in [-0.1, -0.05) is 15.9 Å². The van der Waals surface area contributed by atoms with Gasteiger partial charge in [-0.05, 0) is 30.3 Å². The lowest BCUT2D eigenvalue weighted by Crippen LogP contribution is -2.34. The number of ketones is 1. The number of hydrogen-bond acceptors (Lipinski definition) is 2. The van der Waals surface area contributed by atoms with Crippen molar-refractivity contribution < 1.29 is 9.59 Å². The summed E-state index contributed by atoms with van der Waals surface area (Å²) in [5.41, 5.74) is 1.04. The standard InChI is InChI=1S/C12H9BrN2O2/c13-9-3-1-8(2-4-9)11(16)7-10-5-6-14-12(17)15-10/h1-7H,(H2,14,15,17). The van der Waals surface area contributed by atoms with Crippen LogP contribution >= 0.6 is 15.9 Å². The molecule has 17 heavy (non-hydrogen) atoms. The Morgan fingerprint density at radius 3 is 2.59 bits per heavy atom. The molecule has 1 aromatic carbocycles. The van der Waals surface area contributed by atoms with E-state index >= 15 is 0 Å². The first-order valence-electron chi connectivity index (χ1n) is 4.91. The Morgan fingerprint density at radius 1 is 1.24 bits per heavy atom. The van der Waals surface area contributed by atoms with Gasteiger partial charge in [-0.25, -0.2) is 4.79 Å². The van der Waals surface area contributed by atoms with Gasteiger partial charge >= 0.3 is 6.03 Å². The normalized spacial score (nSPS) is 16.5. The van der Waals surface area contributed by atoms with Crippen LogP contribution in [-0.2, 0) is 0 Å². The molecule has 0 bridgehead atoms. The largest absolute Gasteiger partial charge is 0.323 e. The van der Waals surface area contributed by atoms with Gasteiger partial charge in [-0.3, -0.25) is 4.79 Å². The van der Waals surface area contributed by atoms with Crippen molar-refractivity contribution in [3.8, 4) is 0 Å². The minimum Gasteiger partial charge on any atom is -0.314 e. The molecule has 4 nitrogen and oxygen atoms in total. The van der Waals surface area contributed by atoms with Crippen molar-refractivity contribution in [2.75, 3.05) is 0 Å². The van der Waals surface area contributed by atoms with Crippen LogP contribution < -0.4 is 10.6 Å². The Morgan fingerprint density at radius 2 is 1.94 bits per heavy atom. The van der Waals surface area contributed by atoms with E-state index in [-0.39, 0.29) is 11.8 Å². The Balaban J connectivity index is 2.18. The van der Waals surface area contributed by atoms with Crippen molar-refractivity contribution in [1.29, 1.82) is 0 Å². The van der Waals surface area contributed by atoms with Crippen molar-refractivity contribution in [3.05, 3.63) is 58.4 Å². The minimum absolute atomic E-state index is 0.153. The van der Waals surface area contributed by atoms with E-state index in [1.54, 1.807) is 30.3 Å². The van der Waals surface area contributed by atoms with E-state index in [2.05, 4.69) is 26.6 Å². The molecule has 0 atom stereocenters. The molecule has 0 saturated heterocycles. The van der Waals surface area contributed by atoms with E-state index in [0.717, 1.165) is 4.47 Å². The first-order valence-corrected chi connectivity index (χ1v) is 5.70. The maximum absolute atomic E-state index is 11.8. The Kier molecular flexibility index (Phi) is 3.39. The second-order valence-corrected chi connectivity index (χ2v) is 4.32. The maximum atomic E-state index is 11.8. The maximum Gasteiger partial charge on any atom is 0.323 e. The number of halogens is 1. The molecule has 1 aromatic rings. The lowest BCUT2D eigenvalue weighted by molar-refractivity contribution is 0.104. The topological polar surface area (TPSA) is 58.2 Å². The average Bonchev–Trinajstić information content (AvgIpc) is 2.29. The fraction of sp³-hybridized carbons (Fsp3) is 0. The predicted octanol–water partition coefficient (Wildman–Crippen LogP) is 2.34. The van der Waals surface area contributed by atoms with Crippen LogP contribution in [0.4, 0.5) is 4.79 Å². The van der Waals surface area contributed by atoms with Gasteiger partial charge in [-0.15, -0.1) is 0 Å². The summed E-state index contributed by atoms with van der Waals surface area (Å²) in [6.07, 6.45) is 4.50. The van der Waals surface area contributed by atoms with Gasteiger partial charge in [0.05, 0.1) is 0 Å². The summed E-state index contributed by atoms with van der Waals surface area (Å²) in [7, 11) is 0. The number of nitrogens with one attached hydrogen (secondary N) is 2. The van der Waals surface area contributed by atoms with Gasteiger partial charge < -0.3 is 10.6 Å². The summed E-state index contributed by atoms with van der Waals surface area (Å²) in [6.45, 7) is 0. The highest BCUT2D eigenvalue weighted by Gasteiger charge is 2.08. The van der Waals surface area contributed by atoms with Crippen LogP contribution in [0.15, 0.2) is 52.8 Å². The van der Waals surface area contributed by atoms with Gasteiger partial charge in [0.1, 0.15) is 0 Å². The van der Waals surface area contributed by atoms with Crippen molar-refractivity contribution >= 4 is 27.7 Å². The van der Waals surface area contributed by atoms with E-state index < -0.39 is 0 Å². The zero-order chi connectivity index (χ0) is 12.3. The molecule has 0 spiro atoms. The molecular formula is C12H9BrN2O2. The monoisotopic (exact) mass is 292 g/mol. The highest BCUT2D eigenvalue weighted by molar-refractivity contribution is 9.10. The first kappa shape index (κ1) is 11.6. The number of benzene rings is 1. The number of urea groups is 1. The zero-order valence-electron chi connectivity index (χ0n) is 8.74. The molecule has 1 aliphatic heterocycles. The summed E-state index contributed by atoms with van der Waals surface area (Å²) < 4.78 is 0.914. The fourth-order valence-corrected chi connectivity index (χ4v) is 1.60. The molecular weight excluding hydrogens is 284 g/mol.